The van der Waals surface area contributed by atoms with E-state index >= 15 is 0 Å². The Morgan fingerprint density at radius 2 is 1.74 bits per heavy atom. The molecule has 1 N–H and O–H groups in total. The van der Waals surface area contributed by atoms with E-state index in [4.69, 9.17) is 39.5 Å². The van der Waals surface area contributed by atoms with Gasteiger partial charge < -0.3 is 10.1 Å². The van der Waals surface area contributed by atoms with Gasteiger partial charge in [-0.1, -0.05) is 76.8 Å². The lowest BCUT2D eigenvalue weighted by Crippen LogP contribution is -2.13. The Morgan fingerprint density at radius 3 is 2.44 bits per heavy atom. The molecule has 9 heteroatoms. The van der Waals surface area contributed by atoms with Gasteiger partial charge in [0, 0.05) is 16.8 Å². The molecule has 1 aromatic heterocycles. The van der Waals surface area contributed by atoms with Gasteiger partial charge in [0.15, 0.2) is 11.6 Å². The van der Waals surface area contributed by atoms with Crippen molar-refractivity contribution in [3.8, 4) is 5.75 Å². The molecule has 0 unspecified atom stereocenters. The predicted octanol–water partition coefficient (Wildman–Crippen LogP) is 7.79. The minimum absolute atomic E-state index is 0.178. The largest absolute Gasteiger partial charge is 0.486 e. The van der Waals surface area contributed by atoms with Crippen LogP contribution in [0, 0.1) is 6.92 Å². The highest BCUT2D eigenvalue weighted by Crippen LogP contribution is 2.36. The zero-order chi connectivity index (χ0) is 24.2. The second-order valence-corrected chi connectivity index (χ2v) is 9.76. The van der Waals surface area contributed by atoms with Gasteiger partial charge in [-0.3, -0.25) is 9.48 Å². The Labute approximate surface area is 220 Å². The molecule has 1 heterocycles. The van der Waals surface area contributed by atoms with Crippen LogP contribution in [0.15, 0.2) is 71.3 Å². The van der Waals surface area contributed by atoms with Crippen molar-refractivity contribution in [2.75, 3.05) is 5.32 Å². The summed E-state index contributed by atoms with van der Waals surface area (Å²) in [4.78, 5) is 12.9. The van der Waals surface area contributed by atoms with E-state index in [-0.39, 0.29) is 12.5 Å². The number of benzene rings is 3. The number of nitrogens with one attached hydrogen (secondary N) is 1. The number of ether oxygens (including phenoxy) is 1. The van der Waals surface area contributed by atoms with Crippen LogP contribution in [0.4, 0.5) is 5.82 Å². The second-order valence-electron chi connectivity index (χ2n) is 7.65. The van der Waals surface area contributed by atoms with Gasteiger partial charge in [-0.25, -0.2) is 0 Å². The first-order valence-corrected chi connectivity index (χ1v) is 12.2. The van der Waals surface area contributed by atoms with Crippen LogP contribution in [0.1, 0.15) is 27.0 Å². The normalized spacial score (nSPS) is 10.9. The highest BCUT2D eigenvalue weighted by Gasteiger charge is 2.14. The number of hydrogen-bond donors (Lipinski definition) is 1. The van der Waals surface area contributed by atoms with Gasteiger partial charge >= 0.3 is 0 Å². The van der Waals surface area contributed by atoms with Gasteiger partial charge in [-0.15, -0.1) is 0 Å². The standard InChI is InChI=1S/C25H19BrCl3N3O2/c1-15-5-7-16(8-6-15)12-32-13-20(26)24(31-32)30-25(33)18-4-2-3-17(9-18)14-34-23-21(28)10-19(27)11-22(23)29/h2-11,13H,12,14H2,1H3,(H,30,31,33). The van der Waals surface area contributed by atoms with Crippen molar-refractivity contribution in [1.29, 1.82) is 0 Å². The maximum absolute atomic E-state index is 12.9. The molecule has 0 radical (unpaired) electrons. The highest BCUT2D eigenvalue weighted by molar-refractivity contribution is 9.10. The molecule has 0 aliphatic heterocycles. The number of halogens is 4. The smallest absolute Gasteiger partial charge is 0.256 e. The number of hydrogen-bond acceptors (Lipinski definition) is 3. The van der Waals surface area contributed by atoms with Gasteiger partial charge in [0.25, 0.3) is 5.91 Å². The number of aryl methyl sites for hydroxylation is 1. The molecule has 0 saturated carbocycles. The van der Waals surface area contributed by atoms with E-state index in [1.807, 2.05) is 19.2 Å². The molecule has 34 heavy (non-hydrogen) atoms. The summed E-state index contributed by atoms with van der Waals surface area (Å²) in [6, 6.07) is 18.4. The average molecular weight is 580 g/mol. The van der Waals surface area contributed by atoms with Crippen molar-refractivity contribution in [3.05, 3.63) is 109 Å². The van der Waals surface area contributed by atoms with E-state index in [1.54, 1.807) is 35.0 Å². The lowest BCUT2D eigenvalue weighted by Gasteiger charge is -2.11. The molecule has 0 spiro atoms. The van der Waals surface area contributed by atoms with Crippen LogP contribution in [0.25, 0.3) is 0 Å². The van der Waals surface area contributed by atoms with Crippen LogP contribution in [0.3, 0.4) is 0 Å². The molecule has 0 bridgehead atoms. The molecule has 0 aliphatic carbocycles. The summed E-state index contributed by atoms with van der Waals surface area (Å²) >= 11 is 21.8. The Morgan fingerprint density at radius 1 is 1.03 bits per heavy atom. The molecule has 0 fully saturated rings. The second kappa shape index (κ2) is 10.8. The monoisotopic (exact) mass is 577 g/mol. The van der Waals surface area contributed by atoms with Gasteiger partial charge in [-0.2, -0.15) is 5.10 Å². The number of nitrogens with zero attached hydrogens (tertiary/aromatic N) is 2. The molecule has 1 amide bonds. The van der Waals surface area contributed by atoms with Gasteiger partial charge in [0.1, 0.15) is 6.61 Å². The fourth-order valence-electron chi connectivity index (χ4n) is 3.25. The van der Waals surface area contributed by atoms with Crippen molar-refractivity contribution in [2.45, 2.75) is 20.1 Å². The zero-order valence-electron chi connectivity index (χ0n) is 18.0. The molecule has 174 valence electrons. The first kappa shape index (κ1) is 24.6. The van der Waals surface area contributed by atoms with Crippen molar-refractivity contribution < 1.29 is 9.53 Å². The molecule has 5 nitrogen and oxygen atoms in total. The Balaban J connectivity index is 1.42. The van der Waals surface area contributed by atoms with E-state index in [2.05, 4.69) is 50.6 Å². The lowest BCUT2D eigenvalue weighted by molar-refractivity contribution is 0.102. The number of rotatable bonds is 7. The lowest BCUT2D eigenvalue weighted by atomic mass is 10.1. The van der Waals surface area contributed by atoms with Crippen molar-refractivity contribution >= 4 is 62.5 Å². The minimum Gasteiger partial charge on any atom is -0.486 e. The Bertz CT molecular complexity index is 1320. The number of carbonyl (C=O) groups is 1. The van der Waals surface area contributed by atoms with Crippen LogP contribution < -0.4 is 10.1 Å². The summed E-state index contributed by atoms with van der Waals surface area (Å²) < 4.78 is 8.24. The Kier molecular flexibility index (Phi) is 7.84. The highest BCUT2D eigenvalue weighted by atomic mass is 79.9. The molecule has 3 aromatic carbocycles. The van der Waals surface area contributed by atoms with Gasteiger partial charge in [0.05, 0.1) is 21.1 Å². The molecule has 4 aromatic rings. The van der Waals surface area contributed by atoms with Crippen LogP contribution >= 0.6 is 50.7 Å². The number of anilines is 1. The van der Waals surface area contributed by atoms with Crippen LogP contribution in [-0.4, -0.2) is 15.7 Å². The van der Waals surface area contributed by atoms with Crippen LogP contribution in [0.5, 0.6) is 5.75 Å². The fourth-order valence-corrected chi connectivity index (χ4v) is 4.59. The topological polar surface area (TPSA) is 56.2 Å². The number of aromatic nitrogens is 2. The summed E-state index contributed by atoms with van der Waals surface area (Å²) in [5, 5.41) is 8.40. The maximum Gasteiger partial charge on any atom is 0.256 e. The third-order valence-corrected chi connectivity index (χ3v) is 6.31. The molecule has 0 atom stereocenters. The van der Waals surface area contributed by atoms with Gasteiger partial charge in [-0.05, 0) is 58.2 Å². The predicted molar refractivity (Wildman–Crippen MR) is 140 cm³/mol. The number of carbonyl (C=O) groups excluding carboxylic acids is 1. The molecule has 4 rings (SSSR count). The van der Waals surface area contributed by atoms with Crippen LogP contribution in [0.2, 0.25) is 15.1 Å². The fraction of sp³-hybridized carbons (Fsp3) is 0.120. The molecular weight excluding hydrogens is 561 g/mol. The van der Waals surface area contributed by atoms with E-state index in [1.165, 1.54) is 5.56 Å². The summed E-state index contributed by atoms with van der Waals surface area (Å²) in [5.74, 6) is 0.495. The number of amides is 1. The molecular formula is C25H19BrCl3N3O2. The third-order valence-electron chi connectivity index (χ3n) is 4.95. The quantitative estimate of drug-likeness (QED) is 0.243. The van der Waals surface area contributed by atoms with Crippen LogP contribution in [-0.2, 0) is 13.2 Å². The van der Waals surface area contributed by atoms with Gasteiger partial charge in [0.2, 0.25) is 0 Å². The molecule has 0 aliphatic rings. The van der Waals surface area contributed by atoms with Crippen molar-refractivity contribution in [1.82, 2.24) is 9.78 Å². The van der Waals surface area contributed by atoms with E-state index in [0.29, 0.717) is 43.2 Å². The summed E-state index contributed by atoms with van der Waals surface area (Å²) in [7, 11) is 0. The van der Waals surface area contributed by atoms with E-state index in [9.17, 15) is 4.79 Å². The first-order valence-electron chi connectivity index (χ1n) is 10.2. The average Bonchev–Trinajstić information content (AvgIpc) is 3.13. The molecule has 0 saturated heterocycles. The minimum atomic E-state index is -0.286. The van der Waals surface area contributed by atoms with Crippen molar-refractivity contribution in [2.24, 2.45) is 0 Å². The maximum atomic E-state index is 12.9. The SMILES string of the molecule is Cc1ccc(Cn2cc(Br)c(NC(=O)c3cccc(COc4c(Cl)cc(Cl)cc4Cl)c3)n2)cc1. The summed E-state index contributed by atoms with van der Waals surface area (Å²) in [6.07, 6.45) is 1.83. The first-order chi connectivity index (χ1) is 16.3. The summed E-state index contributed by atoms with van der Waals surface area (Å²) in [6.45, 7) is 2.82. The summed E-state index contributed by atoms with van der Waals surface area (Å²) in [5.41, 5.74) is 3.56. The van der Waals surface area contributed by atoms with Crippen molar-refractivity contribution in [3.63, 3.8) is 0 Å². The Hall–Kier alpha value is -2.51. The zero-order valence-corrected chi connectivity index (χ0v) is 21.8. The van der Waals surface area contributed by atoms with E-state index < -0.39 is 0 Å². The third kappa shape index (κ3) is 6.13. The van der Waals surface area contributed by atoms with E-state index in [0.717, 1.165) is 11.1 Å².